The van der Waals surface area contributed by atoms with Crippen LogP contribution in [-0.2, 0) is 12.8 Å². The highest BCUT2D eigenvalue weighted by molar-refractivity contribution is 14.1. The van der Waals surface area contributed by atoms with E-state index in [0.717, 1.165) is 27.9 Å². The summed E-state index contributed by atoms with van der Waals surface area (Å²) in [6.45, 7) is 8.71. The summed E-state index contributed by atoms with van der Waals surface area (Å²) in [5.74, 6) is 2.02. The quantitative estimate of drug-likeness (QED) is 0.601. The highest BCUT2D eigenvalue weighted by atomic mass is 127. The zero-order valence-electron chi connectivity index (χ0n) is 10.2. The van der Waals surface area contributed by atoms with E-state index in [1.165, 1.54) is 0 Å². The van der Waals surface area contributed by atoms with E-state index in [1.54, 1.807) is 0 Å². The maximum Gasteiger partial charge on any atom is 0.146 e. The van der Waals surface area contributed by atoms with Crippen LogP contribution in [0, 0.1) is 15.4 Å². The van der Waals surface area contributed by atoms with Gasteiger partial charge in [-0.2, -0.15) is 0 Å². The topological polar surface area (TPSA) is 25.8 Å². The number of hydrogen-bond donors (Lipinski definition) is 0. The summed E-state index contributed by atoms with van der Waals surface area (Å²) < 4.78 is 1.00. The third-order valence-electron chi connectivity index (χ3n) is 2.12. The van der Waals surface area contributed by atoms with Crippen molar-refractivity contribution in [3.8, 4) is 0 Å². The Morgan fingerprint density at radius 3 is 2.12 bits per heavy atom. The van der Waals surface area contributed by atoms with E-state index < -0.39 is 0 Å². The fraction of sp³-hybridized carbons (Fsp3) is 0.667. The van der Waals surface area contributed by atoms with Crippen LogP contribution in [0.1, 0.15) is 39.2 Å². The standard InChI is InChI=1S/C12H18ClIN2/c1-7(2)5-9-11(14)12(13)16-10(15-9)6-8(3)4/h7-8H,5-6H2,1-4H3. The Morgan fingerprint density at radius 1 is 1.06 bits per heavy atom. The molecule has 16 heavy (non-hydrogen) atoms. The monoisotopic (exact) mass is 352 g/mol. The smallest absolute Gasteiger partial charge is 0.146 e. The van der Waals surface area contributed by atoms with Gasteiger partial charge in [0, 0.05) is 6.42 Å². The normalized spacial score (nSPS) is 11.5. The molecule has 0 aliphatic rings. The molecule has 4 heteroatoms. The van der Waals surface area contributed by atoms with Gasteiger partial charge in [-0.25, -0.2) is 9.97 Å². The number of aromatic nitrogens is 2. The molecule has 0 saturated heterocycles. The van der Waals surface area contributed by atoms with Gasteiger partial charge in [-0.15, -0.1) is 0 Å². The van der Waals surface area contributed by atoms with E-state index >= 15 is 0 Å². The van der Waals surface area contributed by atoms with Crippen LogP contribution < -0.4 is 0 Å². The lowest BCUT2D eigenvalue weighted by Gasteiger charge is -2.11. The van der Waals surface area contributed by atoms with Gasteiger partial charge < -0.3 is 0 Å². The fourth-order valence-electron chi connectivity index (χ4n) is 1.49. The summed E-state index contributed by atoms with van der Waals surface area (Å²) in [7, 11) is 0. The van der Waals surface area contributed by atoms with Crippen LogP contribution in [0.4, 0.5) is 0 Å². The van der Waals surface area contributed by atoms with Crippen LogP contribution >= 0.6 is 34.2 Å². The zero-order chi connectivity index (χ0) is 12.3. The van der Waals surface area contributed by atoms with Crippen LogP contribution in [0.2, 0.25) is 5.15 Å². The molecular weight excluding hydrogens is 335 g/mol. The van der Waals surface area contributed by atoms with Crippen molar-refractivity contribution in [2.45, 2.75) is 40.5 Å². The van der Waals surface area contributed by atoms with Crippen molar-refractivity contribution in [1.29, 1.82) is 0 Å². The van der Waals surface area contributed by atoms with Crippen molar-refractivity contribution in [1.82, 2.24) is 9.97 Å². The van der Waals surface area contributed by atoms with Crippen molar-refractivity contribution in [3.63, 3.8) is 0 Å². The molecule has 0 radical (unpaired) electrons. The van der Waals surface area contributed by atoms with Crippen molar-refractivity contribution in [2.24, 2.45) is 11.8 Å². The molecule has 0 spiro atoms. The van der Waals surface area contributed by atoms with Crippen LogP contribution in [0.15, 0.2) is 0 Å². The Morgan fingerprint density at radius 2 is 1.62 bits per heavy atom. The predicted octanol–water partition coefficient (Wildman–Crippen LogP) is 4.13. The third kappa shape index (κ3) is 4.17. The van der Waals surface area contributed by atoms with E-state index in [-0.39, 0.29) is 0 Å². The number of rotatable bonds is 4. The molecule has 0 N–H and O–H groups in total. The molecule has 1 rings (SSSR count). The predicted molar refractivity (Wildman–Crippen MR) is 76.8 cm³/mol. The molecule has 0 fully saturated rings. The summed E-state index contributed by atoms with van der Waals surface area (Å²) in [5.41, 5.74) is 1.09. The van der Waals surface area contributed by atoms with Gasteiger partial charge >= 0.3 is 0 Å². The first-order chi connectivity index (χ1) is 7.40. The van der Waals surface area contributed by atoms with E-state index in [2.05, 4.69) is 60.3 Å². The molecule has 1 aromatic heterocycles. The van der Waals surface area contributed by atoms with Gasteiger partial charge in [0.05, 0.1) is 9.26 Å². The molecular formula is C12H18ClIN2. The van der Waals surface area contributed by atoms with Gasteiger partial charge in [0.15, 0.2) is 0 Å². The van der Waals surface area contributed by atoms with Crippen LogP contribution in [0.25, 0.3) is 0 Å². The molecule has 0 aromatic carbocycles. The first-order valence-corrected chi connectivity index (χ1v) is 7.06. The zero-order valence-corrected chi connectivity index (χ0v) is 13.1. The molecule has 1 aromatic rings. The SMILES string of the molecule is CC(C)Cc1nc(Cl)c(I)c(CC(C)C)n1. The minimum absolute atomic E-state index is 0.558. The first kappa shape index (κ1) is 14.2. The number of nitrogens with zero attached hydrogens (tertiary/aromatic N) is 2. The Hall–Kier alpha value is 0.1000. The van der Waals surface area contributed by atoms with Gasteiger partial charge in [-0.1, -0.05) is 39.3 Å². The molecule has 0 aliphatic carbocycles. The van der Waals surface area contributed by atoms with Crippen molar-refractivity contribution in [2.75, 3.05) is 0 Å². The number of halogens is 2. The Kier molecular flexibility index (Phi) is 5.44. The van der Waals surface area contributed by atoms with E-state index in [0.29, 0.717) is 17.0 Å². The molecule has 0 saturated carbocycles. The fourth-order valence-corrected chi connectivity index (χ4v) is 2.16. The second-order valence-electron chi connectivity index (χ2n) is 4.89. The summed E-state index contributed by atoms with van der Waals surface area (Å²) >= 11 is 8.36. The molecule has 0 unspecified atom stereocenters. The van der Waals surface area contributed by atoms with Gasteiger partial charge in [0.25, 0.3) is 0 Å². The molecule has 1 heterocycles. The average Bonchev–Trinajstić information content (AvgIpc) is 2.11. The minimum atomic E-state index is 0.558. The number of hydrogen-bond acceptors (Lipinski definition) is 2. The van der Waals surface area contributed by atoms with Crippen LogP contribution in [0.3, 0.4) is 0 Å². The van der Waals surface area contributed by atoms with E-state index in [4.69, 9.17) is 11.6 Å². The summed E-state index contributed by atoms with van der Waals surface area (Å²) in [6.07, 6.45) is 1.85. The highest BCUT2D eigenvalue weighted by Gasteiger charge is 2.12. The second kappa shape index (κ2) is 6.15. The van der Waals surface area contributed by atoms with Gasteiger partial charge in [0.1, 0.15) is 11.0 Å². The Labute approximate surface area is 116 Å². The second-order valence-corrected chi connectivity index (χ2v) is 6.32. The van der Waals surface area contributed by atoms with Crippen molar-refractivity contribution < 1.29 is 0 Å². The summed E-state index contributed by atoms with van der Waals surface area (Å²) in [4.78, 5) is 8.94. The highest BCUT2D eigenvalue weighted by Crippen LogP contribution is 2.22. The lowest BCUT2D eigenvalue weighted by Crippen LogP contribution is -2.08. The summed E-state index contributed by atoms with van der Waals surface area (Å²) in [5, 5.41) is 0.599. The maximum atomic E-state index is 6.13. The Balaban J connectivity index is 3.01. The van der Waals surface area contributed by atoms with Gasteiger partial charge in [0.2, 0.25) is 0 Å². The molecule has 0 aliphatic heterocycles. The Bertz CT molecular complexity index is 364. The van der Waals surface area contributed by atoms with Gasteiger partial charge in [-0.3, -0.25) is 0 Å². The van der Waals surface area contributed by atoms with Crippen LogP contribution in [-0.4, -0.2) is 9.97 Å². The van der Waals surface area contributed by atoms with Gasteiger partial charge in [-0.05, 0) is 40.8 Å². The molecule has 0 amide bonds. The minimum Gasteiger partial charge on any atom is -0.237 e. The third-order valence-corrected chi connectivity index (χ3v) is 3.84. The molecule has 0 atom stereocenters. The summed E-state index contributed by atoms with van der Waals surface area (Å²) in [6, 6.07) is 0. The van der Waals surface area contributed by atoms with Crippen LogP contribution in [0.5, 0.6) is 0 Å². The van der Waals surface area contributed by atoms with Crippen molar-refractivity contribution in [3.05, 3.63) is 20.2 Å². The van der Waals surface area contributed by atoms with E-state index in [9.17, 15) is 0 Å². The first-order valence-electron chi connectivity index (χ1n) is 5.61. The molecule has 2 nitrogen and oxygen atoms in total. The molecule has 0 bridgehead atoms. The lowest BCUT2D eigenvalue weighted by molar-refractivity contribution is 0.599. The average molecular weight is 353 g/mol. The molecule has 90 valence electrons. The largest absolute Gasteiger partial charge is 0.237 e. The lowest BCUT2D eigenvalue weighted by atomic mass is 10.1. The van der Waals surface area contributed by atoms with E-state index in [1.807, 2.05) is 0 Å². The van der Waals surface area contributed by atoms with Crippen molar-refractivity contribution >= 4 is 34.2 Å². The maximum absolute atomic E-state index is 6.13.